The maximum Gasteiger partial charge on any atom is 0.136 e. The minimum absolute atomic E-state index is 0.328. The molecule has 0 aromatic heterocycles. The Labute approximate surface area is 181 Å². The minimum Gasteiger partial charge on any atom is -0.299 e. The molecule has 7 atom stereocenters. The number of allylic oxidation sites excluding steroid dienone is 2. The van der Waals surface area contributed by atoms with Gasteiger partial charge >= 0.3 is 0 Å². The van der Waals surface area contributed by atoms with Gasteiger partial charge in [0.05, 0.1) is 0 Å². The Morgan fingerprint density at radius 2 is 1.66 bits per heavy atom. The van der Waals surface area contributed by atoms with Crippen molar-refractivity contribution in [3.05, 3.63) is 12.2 Å². The molecule has 0 aliphatic heterocycles. The second kappa shape index (κ2) is 9.27. The first-order valence-electron chi connectivity index (χ1n) is 13.0. The molecule has 0 radical (unpaired) electrons. The van der Waals surface area contributed by atoms with Gasteiger partial charge in [-0.3, -0.25) is 4.79 Å². The number of ketones is 1. The van der Waals surface area contributed by atoms with E-state index in [0.717, 1.165) is 30.1 Å². The van der Waals surface area contributed by atoms with E-state index in [1.54, 1.807) is 0 Å². The highest BCUT2D eigenvalue weighted by atomic mass is 16.1. The molecule has 0 saturated heterocycles. The van der Waals surface area contributed by atoms with Crippen LogP contribution < -0.4 is 0 Å². The Morgan fingerprint density at radius 3 is 2.38 bits per heavy atom. The molecule has 4 aliphatic rings. The van der Waals surface area contributed by atoms with Gasteiger partial charge in [-0.2, -0.15) is 0 Å². The van der Waals surface area contributed by atoms with Crippen LogP contribution in [0.2, 0.25) is 0 Å². The zero-order valence-electron chi connectivity index (χ0n) is 20.3. The van der Waals surface area contributed by atoms with Crippen molar-refractivity contribution in [3.8, 4) is 0 Å². The summed E-state index contributed by atoms with van der Waals surface area (Å²) in [6.45, 7) is 13.7. The summed E-state index contributed by atoms with van der Waals surface area (Å²) in [7, 11) is 0. The normalized spacial score (nSPS) is 44.1. The molecule has 0 heterocycles. The van der Waals surface area contributed by atoms with E-state index in [2.05, 4.69) is 39.8 Å². The topological polar surface area (TPSA) is 17.1 Å². The zero-order chi connectivity index (χ0) is 21.2. The fourth-order valence-electron chi connectivity index (χ4n) is 8.22. The van der Waals surface area contributed by atoms with Crippen molar-refractivity contribution in [1.29, 1.82) is 0 Å². The highest BCUT2D eigenvalue weighted by molar-refractivity contribution is 5.83. The van der Waals surface area contributed by atoms with Crippen LogP contribution in [0.4, 0.5) is 0 Å². The molecule has 4 fully saturated rings. The molecule has 0 N–H and O–H groups in total. The van der Waals surface area contributed by atoms with Crippen LogP contribution in [-0.2, 0) is 4.79 Å². The first kappa shape index (κ1) is 23.1. The van der Waals surface area contributed by atoms with Gasteiger partial charge in [-0.1, -0.05) is 66.5 Å². The van der Waals surface area contributed by atoms with E-state index < -0.39 is 0 Å². The molecule has 0 bridgehead atoms. The fourth-order valence-corrected chi connectivity index (χ4v) is 8.22. The molecule has 4 saturated carbocycles. The Balaban J connectivity index is 0.00000117. The molecule has 1 nitrogen and oxygen atoms in total. The van der Waals surface area contributed by atoms with Crippen LogP contribution in [0.5, 0.6) is 0 Å². The second-order valence-corrected chi connectivity index (χ2v) is 11.5. The number of rotatable bonds is 4. The van der Waals surface area contributed by atoms with E-state index >= 15 is 0 Å². The van der Waals surface area contributed by atoms with Crippen LogP contribution in [-0.4, -0.2) is 5.78 Å². The summed E-state index contributed by atoms with van der Waals surface area (Å²) >= 11 is 0. The van der Waals surface area contributed by atoms with Gasteiger partial charge in [0.25, 0.3) is 0 Å². The Hall–Kier alpha value is -0.590. The lowest BCUT2D eigenvalue weighted by molar-refractivity contribution is -0.153. The standard InChI is InChI=1S/C26H42O.C2H6/c1-18(2)9-5-6-10-19-12-13-21-20-17-24(27)23-11-7-8-15-26(23,4)22(20)14-16-25(19,21)3;1-2/h5-6,18-23H,7-17H2,1-4H3;1-2H3/b6-5+;. The van der Waals surface area contributed by atoms with Crippen LogP contribution in [0, 0.1) is 46.3 Å². The van der Waals surface area contributed by atoms with Crippen molar-refractivity contribution in [2.24, 2.45) is 46.3 Å². The van der Waals surface area contributed by atoms with Gasteiger partial charge in [-0.15, -0.1) is 0 Å². The molecule has 4 aliphatic carbocycles. The van der Waals surface area contributed by atoms with Gasteiger partial charge in [-0.05, 0) is 91.8 Å². The highest BCUT2D eigenvalue weighted by Crippen LogP contribution is 2.67. The second-order valence-electron chi connectivity index (χ2n) is 11.5. The van der Waals surface area contributed by atoms with E-state index in [-0.39, 0.29) is 0 Å². The Bertz CT molecular complexity index is 589. The molecule has 0 spiro atoms. The third-order valence-corrected chi connectivity index (χ3v) is 9.76. The van der Waals surface area contributed by atoms with Gasteiger partial charge in [-0.25, -0.2) is 0 Å². The molecule has 29 heavy (non-hydrogen) atoms. The summed E-state index contributed by atoms with van der Waals surface area (Å²) in [5.41, 5.74) is 0.816. The molecule has 1 heteroatoms. The summed E-state index contributed by atoms with van der Waals surface area (Å²) in [5.74, 6) is 4.98. The highest BCUT2D eigenvalue weighted by Gasteiger charge is 2.61. The third-order valence-electron chi connectivity index (χ3n) is 9.76. The number of hydrogen-bond acceptors (Lipinski definition) is 1. The predicted molar refractivity (Wildman–Crippen MR) is 125 cm³/mol. The summed E-state index contributed by atoms with van der Waals surface area (Å²) in [6.07, 6.45) is 19.0. The van der Waals surface area contributed by atoms with Crippen molar-refractivity contribution < 1.29 is 4.79 Å². The van der Waals surface area contributed by atoms with Crippen molar-refractivity contribution in [1.82, 2.24) is 0 Å². The molecule has 4 rings (SSSR count). The van der Waals surface area contributed by atoms with Crippen molar-refractivity contribution in [2.75, 3.05) is 0 Å². The van der Waals surface area contributed by atoms with Gasteiger partial charge in [0, 0.05) is 12.3 Å². The van der Waals surface area contributed by atoms with Crippen molar-refractivity contribution in [2.45, 2.75) is 112 Å². The van der Waals surface area contributed by atoms with Crippen LogP contribution in [0.3, 0.4) is 0 Å². The Kier molecular flexibility index (Phi) is 7.38. The maximum absolute atomic E-state index is 13.1. The lowest BCUT2D eigenvalue weighted by Gasteiger charge is -2.59. The Morgan fingerprint density at radius 1 is 0.931 bits per heavy atom. The first-order chi connectivity index (χ1) is 13.9. The van der Waals surface area contributed by atoms with Crippen LogP contribution >= 0.6 is 0 Å². The zero-order valence-corrected chi connectivity index (χ0v) is 20.3. The van der Waals surface area contributed by atoms with Gasteiger partial charge in [0.15, 0.2) is 0 Å². The molecule has 0 aromatic rings. The van der Waals surface area contributed by atoms with E-state index in [1.165, 1.54) is 64.2 Å². The van der Waals surface area contributed by atoms with E-state index in [0.29, 0.717) is 28.4 Å². The first-order valence-corrected chi connectivity index (χ1v) is 13.0. The molecular formula is C28H48O. The number of fused-ring (bicyclic) bond motifs is 5. The molecule has 7 unspecified atom stereocenters. The fraction of sp³-hybridized carbons (Fsp3) is 0.893. The molecule has 0 amide bonds. The van der Waals surface area contributed by atoms with Crippen LogP contribution in [0.15, 0.2) is 12.2 Å². The monoisotopic (exact) mass is 400 g/mol. The molecule has 166 valence electrons. The molecular weight excluding hydrogens is 352 g/mol. The average Bonchev–Trinajstić information content (AvgIpc) is 3.03. The third kappa shape index (κ3) is 4.14. The lowest BCUT2D eigenvalue weighted by Crippen LogP contribution is -2.55. The van der Waals surface area contributed by atoms with E-state index in [9.17, 15) is 4.79 Å². The quantitative estimate of drug-likeness (QED) is 0.434. The predicted octanol–water partition coefficient (Wildman–Crippen LogP) is 8.23. The van der Waals surface area contributed by atoms with Crippen molar-refractivity contribution in [3.63, 3.8) is 0 Å². The van der Waals surface area contributed by atoms with E-state index in [1.807, 2.05) is 13.8 Å². The summed E-state index contributed by atoms with van der Waals surface area (Å²) < 4.78 is 0. The average molecular weight is 401 g/mol. The lowest BCUT2D eigenvalue weighted by atomic mass is 9.44. The summed E-state index contributed by atoms with van der Waals surface area (Å²) in [5, 5.41) is 0. The number of hydrogen-bond donors (Lipinski definition) is 0. The SMILES string of the molecule is CC.CC(C)C/C=C/CC1CCC2C3CC(=O)C4CCCCC4(C)C3CCC12C. The maximum atomic E-state index is 13.1. The van der Waals surface area contributed by atoms with E-state index in [4.69, 9.17) is 0 Å². The van der Waals surface area contributed by atoms with Crippen LogP contribution in [0.1, 0.15) is 112 Å². The van der Waals surface area contributed by atoms with Gasteiger partial charge in [0.1, 0.15) is 5.78 Å². The van der Waals surface area contributed by atoms with Crippen molar-refractivity contribution >= 4 is 5.78 Å². The summed E-state index contributed by atoms with van der Waals surface area (Å²) in [6, 6.07) is 0. The number of carbonyl (C=O) groups is 1. The van der Waals surface area contributed by atoms with Crippen LogP contribution in [0.25, 0.3) is 0 Å². The summed E-state index contributed by atoms with van der Waals surface area (Å²) in [4.78, 5) is 13.1. The van der Waals surface area contributed by atoms with Gasteiger partial charge in [0.2, 0.25) is 0 Å². The minimum atomic E-state index is 0.328. The smallest absolute Gasteiger partial charge is 0.136 e. The largest absolute Gasteiger partial charge is 0.299 e. The molecule has 0 aromatic carbocycles. The number of Topliss-reactive ketones (excluding diaryl/α,β-unsaturated/α-hetero) is 1. The van der Waals surface area contributed by atoms with Gasteiger partial charge < -0.3 is 0 Å². The number of carbonyl (C=O) groups excluding carboxylic acids is 1.